The summed E-state index contributed by atoms with van der Waals surface area (Å²) in [6.07, 6.45) is -13.6. The maximum Gasteiger partial charge on any atom is 0.418 e. The Morgan fingerprint density at radius 2 is 1.13 bits per heavy atom. The Kier molecular flexibility index (Phi) is 10.6. The molecule has 0 spiro atoms. The Balaban J connectivity index is 0.000000246. The van der Waals surface area contributed by atoms with Gasteiger partial charge in [-0.15, -0.1) is 0 Å². The highest BCUT2D eigenvalue weighted by atomic mass is 19.4. The minimum absolute atomic E-state index is 0.0165. The Morgan fingerprint density at radius 1 is 0.667 bits per heavy atom. The molecular formula is C29H24F9N3O4. The molecule has 0 aliphatic carbocycles. The molecule has 7 nitrogen and oxygen atoms in total. The molecule has 0 atom stereocenters. The minimum Gasteiger partial charge on any atom is -0.462 e. The fourth-order valence-electron chi connectivity index (χ4n) is 3.92. The Labute approximate surface area is 249 Å². The number of anilines is 2. The summed E-state index contributed by atoms with van der Waals surface area (Å²) < 4.78 is 124. The van der Waals surface area contributed by atoms with E-state index in [-0.39, 0.29) is 46.7 Å². The number of hydrazine groups is 1. The number of aromatic nitrogens is 1. The summed E-state index contributed by atoms with van der Waals surface area (Å²) in [7, 11) is 0. The van der Waals surface area contributed by atoms with Crippen molar-refractivity contribution < 1.29 is 58.6 Å². The molecule has 1 aromatic heterocycles. The summed E-state index contributed by atoms with van der Waals surface area (Å²) in [4.78, 5) is 26.4. The van der Waals surface area contributed by atoms with Crippen LogP contribution in [0, 0.1) is 0 Å². The third-order valence-corrected chi connectivity index (χ3v) is 5.83. The summed E-state index contributed by atoms with van der Waals surface area (Å²) in [5, 5.41) is -0.0404. The topological polar surface area (TPSA) is 92.5 Å². The number of nitrogens with one attached hydrogen (secondary N) is 3. The number of carbonyl (C=O) groups excluding carboxylic acids is 2. The molecule has 0 amide bonds. The van der Waals surface area contributed by atoms with Crippen molar-refractivity contribution in [1.82, 2.24) is 4.98 Å². The van der Waals surface area contributed by atoms with E-state index in [0.29, 0.717) is 0 Å². The predicted molar refractivity (Wildman–Crippen MR) is 145 cm³/mol. The van der Waals surface area contributed by atoms with E-state index in [0.717, 1.165) is 36.4 Å². The molecule has 1 heterocycles. The third kappa shape index (κ3) is 8.83. The first kappa shape index (κ1) is 34.6. The number of alkyl halides is 9. The van der Waals surface area contributed by atoms with Gasteiger partial charge in [-0.3, -0.25) is 0 Å². The van der Waals surface area contributed by atoms with Crippen LogP contribution in [0.3, 0.4) is 0 Å². The molecule has 0 saturated heterocycles. The van der Waals surface area contributed by atoms with Crippen LogP contribution in [-0.4, -0.2) is 30.1 Å². The van der Waals surface area contributed by atoms with Crippen LogP contribution < -0.4 is 10.9 Å². The first-order valence-electron chi connectivity index (χ1n) is 12.9. The van der Waals surface area contributed by atoms with Gasteiger partial charge in [0.05, 0.1) is 52.4 Å². The number of halogens is 9. The first-order chi connectivity index (χ1) is 21.0. The molecular weight excluding hydrogens is 625 g/mol. The summed E-state index contributed by atoms with van der Waals surface area (Å²) >= 11 is 0. The maximum atomic E-state index is 13.1. The molecule has 45 heavy (non-hydrogen) atoms. The number of aromatic amines is 1. The SMILES string of the molecule is CCOC(=O)c1[nH]c2c(C(F)(F)F)cccc2c1C(=O)OCC.FC(F)(F)c1cccc(NNc2cccc(C(F)(F)F)c2)c1. The molecule has 3 aromatic carbocycles. The summed E-state index contributed by atoms with van der Waals surface area (Å²) in [6.45, 7) is 3.14. The number of benzene rings is 3. The van der Waals surface area contributed by atoms with Crippen molar-refractivity contribution in [2.75, 3.05) is 24.1 Å². The second kappa shape index (κ2) is 13.8. The van der Waals surface area contributed by atoms with E-state index < -0.39 is 47.2 Å². The van der Waals surface area contributed by atoms with Crippen molar-refractivity contribution in [1.29, 1.82) is 0 Å². The van der Waals surface area contributed by atoms with E-state index >= 15 is 0 Å². The number of hydrogen-bond acceptors (Lipinski definition) is 6. The molecule has 0 aliphatic heterocycles. The highest BCUT2D eigenvalue weighted by Gasteiger charge is 2.36. The van der Waals surface area contributed by atoms with Crippen molar-refractivity contribution in [3.8, 4) is 0 Å². The largest absolute Gasteiger partial charge is 0.462 e. The van der Waals surface area contributed by atoms with Gasteiger partial charge < -0.3 is 25.3 Å². The molecule has 3 N–H and O–H groups in total. The monoisotopic (exact) mass is 649 g/mol. The van der Waals surface area contributed by atoms with Gasteiger partial charge in [0.15, 0.2) is 0 Å². The summed E-state index contributed by atoms with van der Waals surface area (Å²) in [5.41, 5.74) is 1.37. The van der Waals surface area contributed by atoms with Crippen LogP contribution in [0.2, 0.25) is 0 Å². The second-order valence-corrected chi connectivity index (χ2v) is 8.95. The summed E-state index contributed by atoms with van der Waals surface area (Å²) in [5.74, 6) is -1.80. The number of rotatable bonds is 7. The van der Waals surface area contributed by atoms with Crippen LogP contribution in [-0.2, 0) is 28.0 Å². The molecule has 0 unspecified atom stereocenters. The van der Waals surface area contributed by atoms with Crippen molar-refractivity contribution in [2.24, 2.45) is 0 Å². The van der Waals surface area contributed by atoms with Crippen molar-refractivity contribution in [2.45, 2.75) is 32.4 Å². The van der Waals surface area contributed by atoms with Crippen molar-refractivity contribution >= 4 is 34.2 Å². The molecule has 242 valence electrons. The normalized spacial score (nSPS) is 11.8. The van der Waals surface area contributed by atoms with Crippen LogP contribution in [0.1, 0.15) is 51.4 Å². The van der Waals surface area contributed by atoms with E-state index in [9.17, 15) is 49.1 Å². The fraction of sp³-hybridized carbons (Fsp3) is 0.241. The lowest BCUT2D eigenvalue weighted by molar-refractivity contribution is -0.138. The number of H-pyrrole nitrogens is 1. The van der Waals surface area contributed by atoms with Gasteiger partial charge in [-0.25, -0.2) is 9.59 Å². The zero-order valence-corrected chi connectivity index (χ0v) is 23.3. The number of esters is 2. The molecule has 4 aromatic rings. The molecule has 0 saturated carbocycles. The van der Waals surface area contributed by atoms with Gasteiger partial charge in [0, 0.05) is 5.39 Å². The van der Waals surface area contributed by atoms with Gasteiger partial charge in [-0.1, -0.05) is 24.3 Å². The zero-order valence-electron chi connectivity index (χ0n) is 23.3. The highest BCUT2D eigenvalue weighted by molar-refractivity contribution is 6.13. The van der Waals surface area contributed by atoms with Gasteiger partial charge in [-0.05, 0) is 56.3 Å². The fourth-order valence-corrected chi connectivity index (χ4v) is 3.92. The van der Waals surface area contributed by atoms with E-state index in [1.165, 1.54) is 30.3 Å². The number of para-hydroxylation sites is 1. The first-order valence-corrected chi connectivity index (χ1v) is 12.9. The van der Waals surface area contributed by atoms with Gasteiger partial charge in [0.1, 0.15) is 5.69 Å². The summed E-state index contributed by atoms with van der Waals surface area (Å²) in [6, 6.07) is 11.9. The van der Waals surface area contributed by atoms with Crippen LogP contribution in [0.25, 0.3) is 10.9 Å². The smallest absolute Gasteiger partial charge is 0.418 e. The number of hydrogen-bond donors (Lipinski definition) is 3. The number of ether oxygens (including phenoxy) is 2. The average Bonchev–Trinajstić information content (AvgIpc) is 3.36. The Bertz CT molecular complexity index is 1590. The van der Waals surface area contributed by atoms with Crippen LogP contribution in [0.15, 0.2) is 66.7 Å². The van der Waals surface area contributed by atoms with E-state index in [1.807, 2.05) is 0 Å². The van der Waals surface area contributed by atoms with E-state index in [1.54, 1.807) is 13.8 Å². The highest BCUT2D eigenvalue weighted by Crippen LogP contribution is 2.37. The Morgan fingerprint density at radius 3 is 1.58 bits per heavy atom. The number of fused-ring (bicyclic) bond motifs is 1. The zero-order chi connectivity index (χ0) is 33.6. The Hall–Kier alpha value is -4.89. The lowest BCUT2D eigenvalue weighted by Crippen LogP contribution is -2.13. The minimum atomic E-state index is -4.64. The lowest BCUT2D eigenvalue weighted by Gasteiger charge is -2.13. The van der Waals surface area contributed by atoms with Crippen LogP contribution in [0.5, 0.6) is 0 Å². The standard InChI is InChI=1S/C15H14F3NO4.C14H10F6N2/c1-3-22-13(20)10-8-6-5-7-9(15(16,17)18)11(8)19-12(10)14(21)23-4-2;15-13(16,17)9-3-1-5-11(7-9)21-22-12-6-2-4-10(8-12)14(18,19)20/h5-7,19H,3-4H2,1-2H3;1-8,21-22H. The van der Waals surface area contributed by atoms with Crippen molar-refractivity contribution in [3.63, 3.8) is 0 Å². The van der Waals surface area contributed by atoms with Crippen molar-refractivity contribution in [3.05, 3.63) is 94.7 Å². The van der Waals surface area contributed by atoms with Gasteiger partial charge in [-0.2, -0.15) is 39.5 Å². The van der Waals surface area contributed by atoms with Gasteiger partial charge in [0.2, 0.25) is 0 Å². The number of carbonyl (C=O) groups is 2. The maximum absolute atomic E-state index is 13.1. The molecule has 0 bridgehead atoms. The molecule has 4 rings (SSSR count). The molecule has 0 radical (unpaired) electrons. The quantitative estimate of drug-likeness (QED) is 0.105. The molecule has 16 heteroatoms. The average molecular weight is 650 g/mol. The molecule has 0 fully saturated rings. The third-order valence-electron chi connectivity index (χ3n) is 5.83. The van der Waals surface area contributed by atoms with Crippen LogP contribution in [0.4, 0.5) is 50.9 Å². The van der Waals surface area contributed by atoms with Gasteiger partial charge in [0.25, 0.3) is 0 Å². The molecule has 0 aliphatic rings. The van der Waals surface area contributed by atoms with E-state index in [2.05, 4.69) is 15.8 Å². The second-order valence-electron chi connectivity index (χ2n) is 8.95. The lowest BCUT2D eigenvalue weighted by atomic mass is 10.1. The predicted octanol–water partition coefficient (Wildman–Crippen LogP) is 8.70. The van der Waals surface area contributed by atoms with E-state index in [4.69, 9.17) is 9.47 Å². The van der Waals surface area contributed by atoms with Gasteiger partial charge >= 0.3 is 30.5 Å². The van der Waals surface area contributed by atoms with Crippen LogP contribution >= 0.6 is 0 Å².